The van der Waals surface area contributed by atoms with Gasteiger partial charge >= 0.3 is 12.0 Å². The van der Waals surface area contributed by atoms with Crippen LogP contribution >= 0.6 is 0 Å². The molecule has 0 saturated heterocycles. The molecule has 4 N–H and O–H groups in total. The van der Waals surface area contributed by atoms with Crippen molar-refractivity contribution >= 4 is 35.0 Å². The van der Waals surface area contributed by atoms with E-state index in [2.05, 4.69) is 16.0 Å². The van der Waals surface area contributed by atoms with E-state index in [1.54, 1.807) is 48.5 Å². The number of carboxylic acids is 1. The zero-order chi connectivity index (χ0) is 23.6. The lowest BCUT2D eigenvalue weighted by Crippen LogP contribution is -2.20. The van der Waals surface area contributed by atoms with Crippen LogP contribution in [-0.2, 0) is 16.0 Å². The molecule has 8 heteroatoms. The predicted octanol–water partition coefficient (Wildman–Crippen LogP) is 4.67. The molecule has 0 atom stereocenters. The third kappa shape index (κ3) is 7.70. The van der Waals surface area contributed by atoms with E-state index in [4.69, 9.17) is 9.84 Å². The molecule has 3 aromatic rings. The van der Waals surface area contributed by atoms with Gasteiger partial charge in [0.25, 0.3) is 0 Å². The van der Waals surface area contributed by atoms with Crippen LogP contribution in [0.25, 0.3) is 0 Å². The molecule has 3 amide bonds. The summed E-state index contributed by atoms with van der Waals surface area (Å²) in [4.78, 5) is 35.2. The molecule has 0 bridgehead atoms. The van der Waals surface area contributed by atoms with E-state index in [1.807, 2.05) is 31.2 Å². The van der Waals surface area contributed by atoms with Crippen LogP contribution in [-0.4, -0.2) is 29.6 Å². The molecular formula is C25H25N3O5. The van der Waals surface area contributed by atoms with E-state index >= 15 is 0 Å². The summed E-state index contributed by atoms with van der Waals surface area (Å²) in [6.45, 7) is 1.97. The van der Waals surface area contributed by atoms with Gasteiger partial charge in [-0.1, -0.05) is 36.4 Å². The summed E-state index contributed by atoms with van der Waals surface area (Å²) in [6.07, 6.45) is 0.0504. The standard InChI is InChI=1S/C25H25N3O5/c1-17-5-2-3-8-22(17)28-25(32)27-19-11-9-18(10-12-19)15-23(29)26-20-6-4-7-21(16-20)33-14-13-24(30)31/h2-12,16H,13-15H2,1H3,(H,26,29)(H,30,31)(H2,27,28,32). The number of carbonyl (C=O) groups excluding carboxylic acids is 2. The fourth-order valence-corrected chi connectivity index (χ4v) is 3.01. The minimum absolute atomic E-state index is 0.0517. The highest BCUT2D eigenvalue weighted by atomic mass is 16.5. The van der Waals surface area contributed by atoms with Crippen LogP contribution in [0.15, 0.2) is 72.8 Å². The molecule has 0 fully saturated rings. The van der Waals surface area contributed by atoms with Gasteiger partial charge in [-0.05, 0) is 48.4 Å². The summed E-state index contributed by atoms with van der Waals surface area (Å²) in [5, 5.41) is 17.0. The number of nitrogens with one attached hydrogen (secondary N) is 3. The van der Waals surface area contributed by atoms with E-state index in [9.17, 15) is 14.4 Å². The number of benzene rings is 3. The van der Waals surface area contributed by atoms with Crippen LogP contribution in [0.3, 0.4) is 0 Å². The van der Waals surface area contributed by atoms with Gasteiger partial charge in [0.05, 0.1) is 19.4 Å². The Kier molecular flexibility index (Phi) is 8.02. The highest BCUT2D eigenvalue weighted by molar-refractivity contribution is 6.00. The van der Waals surface area contributed by atoms with Crippen molar-refractivity contribution in [3.05, 3.63) is 83.9 Å². The number of hydrogen-bond acceptors (Lipinski definition) is 4. The molecule has 3 rings (SSSR count). The fourth-order valence-electron chi connectivity index (χ4n) is 3.01. The summed E-state index contributed by atoms with van der Waals surface area (Å²) in [5.41, 5.74) is 3.65. The molecule has 170 valence electrons. The molecule has 0 saturated carbocycles. The molecule has 33 heavy (non-hydrogen) atoms. The molecule has 0 unspecified atom stereocenters. The SMILES string of the molecule is Cc1ccccc1NC(=O)Nc1ccc(CC(=O)Nc2cccc(OCCC(=O)O)c2)cc1. The lowest BCUT2D eigenvalue weighted by Gasteiger charge is -2.11. The second kappa shape index (κ2) is 11.3. The minimum Gasteiger partial charge on any atom is -0.493 e. The third-order valence-electron chi connectivity index (χ3n) is 4.67. The Morgan fingerprint density at radius 1 is 0.848 bits per heavy atom. The Labute approximate surface area is 191 Å². The number of carbonyl (C=O) groups is 3. The maximum Gasteiger partial charge on any atom is 0.323 e. The summed E-state index contributed by atoms with van der Waals surface area (Å²) in [6, 6.07) is 20.9. The number of carboxylic acid groups (broad SMARTS) is 1. The van der Waals surface area contributed by atoms with Crippen LogP contribution < -0.4 is 20.7 Å². The highest BCUT2D eigenvalue weighted by Crippen LogP contribution is 2.19. The number of urea groups is 1. The molecule has 3 aromatic carbocycles. The van der Waals surface area contributed by atoms with Crippen LogP contribution in [0.1, 0.15) is 17.5 Å². The molecule has 8 nitrogen and oxygen atoms in total. The Hall–Kier alpha value is -4.33. The largest absolute Gasteiger partial charge is 0.493 e. The molecule has 0 aliphatic carbocycles. The van der Waals surface area contributed by atoms with Crippen molar-refractivity contribution in [1.82, 2.24) is 0 Å². The molecule has 0 aliphatic rings. The fraction of sp³-hybridized carbons (Fsp3) is 0.160. The summed E-state index contributed by atoms with van der Waals surface area (Å²) < 4.78 is 5.37. The molecule has 0 aromatic heterocycles. The zero-order valence-corrected chi connectivity index (χ0v) is 18.1. The van der Waals surface area contributed by atoms with Gasteiger partial charge in [0.15, 0.2) is 0 Å². The second-order valence-electron chi connectivity index (χ2n) is 7.34. The first kappa shape index (κ1) is 23.3. The van der Waals surface area contributed by atoms with Gasteiger partial charge in [0.1, 0.15) is 5.75 Å². The van der Waals surface area contributed by atoms with E-state index in [0.717, 1.165) is 16.8 Å². The van der Waals surface area contributed by atoms with Crippen LogP contribution in [0.4, 0.5) is 21.9 Å². The third-order valence-corrected chi connectivity index (χ3v) is 4.67. The number of para-hydroxylation sites is 1. The van der Waals surface area contributed by atoms with Gasteiger partial charge in [-0.2, -0.15) is 0 Å². The average Bonchev–Trinajstić information content (AvgIpc) is 2.77. The Bertz CT molecular complexity index is 1130. The topological polar surface area (TPSA) is 117 Å². The van der Waals surface area contributed by atoms with Crippen molar-refractivity contribution < 1.29 is 24.2 Å². The molecule has 0 spiro atoms. The zero-order valence-electron chi connectivity index (χ0n) is 18.1. The van der Waals surface area contributed by atoms with Gasteiger partial charge in [-0.3, -0.25) is 9.59 Å². The number of anilines is 3. The Morgan fingerprint density at radius 2 is 1.61 bits per heavy atom. The van der Waals surface area contributed by atoms with Crippen molar-refractivity contribution in [3.8, 4) is 5.75 Å². The van der Waals surface area contributed by atoms with Crippen LogP contribution in [0, 0.1) is 6.92 Å². The predicted molar refractivity (Wildman–Crippen MR) is 127 cm³/mol. The number of amides is 3. The van der Waals surface area contributed by atoms with E-state index in [-0.39, 0.29) is 31.4 Å². The summed E-state index contributed by atoms with van der Waals surface area (Å²) in [7, 11) is 0. The van der Waals surface area contributed by atoms with E-state index < -0.39 is 5.97 Å². The minimum atomic E-state index is -0.937. The van der Waals surface area contributed by atoms with Crippen molar-refractivity contribution in [2.45, 2.75) is 19.8 Å². The van der Waals surface area contributed by atoms with Crippen molar-refractivity contribution in [2.75, 3.05) is 22.6 Å². The first-order chi connectivity index (χ1) is 15.9. The van der Waals surface area contributed by atoms with Crippen LogP contribution in [0.5, 0.6) is 5.75 Å². The molecular weight excluding hydrogens is 422 g/mol. The average molecular weight is 447 g/mol. The van der Waals surface area contributed by atoms with E-state index in [1.165, 1.54) is 0 Å². The normalized spacial score (nSPS) is 10.2. The maximum absolute atomic E-state index is 12.4. The second-order valence-corrected chi connectivity index (χ2v) is 7.34. The Balaban J connectivity index is 1.49. The number of rotatable bonds is 9. The van der Waals surface area contributed by atoms with Crippen molar-refractivity contribution in [2.24, 2.45) is 0 Å². The summed E-state index contributed by atoms with van der Waals surface area (Å²) >= 11 is 0. The number of aryl methyl sites for hydroxylation is 1. The first-order valence-corrected chi connectivity index (χ1v) is 10.4. The van der Waals surface area contributed by atoms with Gasteiger partial charge in [-0.15, -0.1) is 0 Å². The monoisotopic (exact) mass is 447 g/mol. The Morgan fingerprint density at radius 3 is 2.33 bits per heavy atom. The number of ether oxygens (including phenoxy) is 1. The lowest BCUT2D eigenvalue weighted by atomic mass is 10.1. The van der Waals surface area contributed by atoms with Gasteiger partial charge in [0.2, 0.25) is 5.91 Å². The van der Waals surface area contributed by atoms with Crippen LogP contribution in [0.2, 0.25) is 0 Å². The molecule has 0 aliphatic heterocycles. The van der Waals surface area contributed by atoms with Gasteiger partial charge < -0.3 is 25.8 Å². The lowest BCUT2D eigenvalue weighted by molar-refractivity contribution is -0.137. The quantitative estimate of drug-likeness (QED) is 0.380. The smallest absolute Gasteiger partial charge is 0.323 e. The first-order valence-electron chi connectivity index (χ1n) is 10.4. The maximum atomic E-state index is 12.4. The van der Waals surface area contributed by atoms with Crippen molar-refractivity contribution in [3.63, 3.8) is 0 Å². The molecule has 0 radical (unpaired) electrons. The van der Waals surface area contributed by atoms with Crippen molar-refractivity contribution in [1.29, 1.82) is 0 Å². The van der Waals surface area contributed by atoms with E-state index in [0.29, 0.717) is 17.1 Å². The molecule has 0 heterocycles. The van der Waals surface area contributed by atoms with Gasteiger partial charge in [0, 0.05) is 23.1 Å². The highest BCUT2D eigenvalue weighted by Gasteiger charge is 2.08. The number of hydrogen-bond donors (Lipinski definition) is 4. The summed E-state index contributed by atoms with van der Waals surface area (Å²) in [5.74, 6) is -0.670. The number of aliphatic carboxylic acids is 1. The van der Waals surface area contributed by atoms with Gasteiger partial charge in [-0.25, -0.2) is 4.79 Å².